The molecule has 0 saturated carbocycles. The molecule has 1 aromatic carbocycles. The smallest absolute Gasteiger partial charge is 0.230 e. The predicted molar refractivity (Wildman–Crippen MR) is 134 cm³/mol. The molecule has 0 radical (unpaired) electrons. The quantitative estimate of drug-likeness (QED) is 0.404. The van der Waals surface area contributed by atoms with E-state index in [9.17, 15) is 4.79 Å². The van der Waals surface area contributed by atoms with Gasteiger partial charge in [-0.05, 0) is 43.7 Å². The van der Waals surface area contributed by atoms with E-state index in [1.807, 2.05) is 11.3 Å². The van der Waals surface area contributed by atoms with Crippen LogP contribution in [0.2, 0.25) is 0 Å². The zero-order valence-electron chi connectivity index (χ0n) is 19.1. The number of carbonyl (C=O) groups is 1. The van der Waals surface area contributed by atoms with Crippen LogP contribution in [0.15, 0.2) is 29.3 Å². The number of nitrogens with zero attached hydrogens (tertiary/aromatic N) is 3. The summed E-state index contributed by atoms with van der Waals surface area (Å²) in [6, 6.07) is 8.27. The molecule has 1 aliphatic carbocycles. The second-order valence-electron chi connectivity index (χ2n) is 8.78. The number of aryl methyl sites for hydroxylation is 3. The van der Waals surface area contributed by atoms with Crippen molar-refractivity contribution in [3.8, 4) is 0 Å². The Morgan fingerprint density at radius 3 is 2.76 bits per heavy atom. The van der Waals surface area contributed by atoms with Crippen molar-refractivity contribution >= 4 is 39.2 Å². The first-order chi connectivity index (χ1) is 16.2. The Hall–Kier alpha value is -2.00. The van der Waals surface area contributed by atoms with Gasteiger partial charge in [0.25, 0.3) is 0 Å². The molecule has 3 aromatic rings. The summed E-state index contributed by atoms with van der Waals surface area (Å²) in [4.78, 5) is 27.4. The number of hydrogen-bond donors (Lipinski definition) is 1. The molecular weight excluding hydrogens is 452 g/mol. The van der Waals surface area contributed by atoms with Gasteiger partial charge in [0.2, 0.25) is 5.91 Å². The molecule has 0 bridgehead atoms. The Balaban J connectivity index is 1.32. The van der Waals surface area contributed by atoms with Crippen LogP contribution in [0.1, 0.15) is 40.2 Å². The normalized spacial score (nSPS) is 16.6. The average molecular weight is 483 g/mol. The maximum absolute atomic E-state index is 12.6. The maximum Gasteiger partial charge on any atom is 0.230 e. The van der Waals surface area contributed by atoms with E-state index in [0.29, 0.717) is 12.3 Å². The van der Waals surface area contributed by atoms with Crippen molar-refractivity contribution in [2.75, 3.05) is 32.1 Å². The number of hydrogen-bond acceptors (Lipinski definition) is 7. The fourth-order valence-corrected chi connectivity index (χ4v) is 6.64. The van der Waals surface area contributed by atoms with Gasteiger partial charge in [0.15, 0.2) is 0 Å². The summed E-state index contributed by atoms with van der Waals surface area (Å²) < 4.78 is 5.48. The van der Waals surface area contributed by atoms with Crippen molar-refractivity contribution in [1.82, 2.24) is 20.2 Å². The van der Waals surface area contributed by atoms with Crippen LogP contribution in [0.25, 0.3) is 10.2 Å². The molecule has 0 atom stereocenters. The van der Waals surface area contributed by atoms with E-state index in [-0.39, 0.29) is 5.91 Å². The largest absolute Gasteiger partial charge is 0.379 e. The zero-order valence-corrected chi connectivity index (χ0v) is 20.7. The second-order valence-corrected chi connectivity index (χ2v) is 10.8. The van der Waals surface area contributed by atoms with Crippen molar-refractivity contribution in [3.05, 3.63) is 51.7 Å². The molecule has 6 nitrogen and oxygen atoms in total. The van der Waals surface area contributed by atoms with E-state index in [2.05, 4.69) is 41.4 Å². The van der Waals surface area contributed by atoms with Crippen molar-refractivity contribution in [2.24, 2.45) is 0 Å². The van der Waals surface area contributed by atoms with E-state index in [1.54, 1.807) is 11.8 Å². The number of thiophene rings is 1. The molecule has 2 aromatic heterocycles. The first kappa shape index (κ1) is 22.8. The van der Waals surface area contributed by atoms with Gasteiger partial charge in [-0.15, -0.1) is 11.3 Å². The number of ether oxygens (including phenoxy) is 1. The number of rotatable bonds is 7. The topological polar surface area (TPSA) is 67.4 Å². The Labute approximate surface area is 203 Å². The van der Waals surface area contributed by atoms with Crippen LogP contribution in [0.5, 0.6) is 0 Å². The summed E-state index contributed by atoms with van der Waals surface area (Å²) in [6.07, 6.45) is 4.69. The molecule has 0 spiro atoms. The first-order valence-electron chi connectivity index (χ1n) is 11.7. The number of thioether (sulfide) groups is 1. The van der Waals surface area contributed by atoms with Crippen molar-refractivity contribution in [3.63, 3.8) is 0 Å². The molecule has 8 heteroatoms. The summed E-state index contributed by atoms with van der Waals surface area (Å²) in [5.74, 6) is 1.25. The second kappa shape index (κ2) is 10.5. The van der Waals surface area contributed by atoms with Gasteiger partial charge >= 0.3 is 0 Å². The summed E-state index contributed by atoms with van der Waals surface area (Å²) in [7, 11) is 0. The lowest BCUT2D eigenvalue weighted by atomic mass is 9.97. The number of fused-ring (bicyclic) bond motifs is 3. The Kier molecular flexibility index (Phi) is 7.25. The average Bonchev–Trinajstić information content (AvgIpc) is 3.21. The minimum atomic E-state index is 0.0335. The van der Waals surface area contributed by atoms with E-state index in [1.165, 1.54) is 34.2 Å². The Morgan fingerprint density at radius 1 is 1.15 bits per heavy atom. The predicted octanol–water partition coefficient (Wildman–Crippen LogP) is 4.12. The Morgan fingerprint density at radius 2 is 1.94 bits per heavy atom. The minimum Gasteiger partial charge on any atom is -0.379 e. The van der Waals surface area contributed by atoms with Crippen LogP contribution in [0, 0.1) is 6.92 Å². The highest BCUT2D eigenvalue weighted by molar-refractivity contribution is 8.00. The minimum absolute atomic E-state index is 0.0335. The molecule has 3 heterocycles. The van der Waals surface area contributed by atoms with Crippen LogP contribution in [-0.4, -0.2) is 52.8 Å². The number of carbonyl (C=O) groups excluding carboxylic acids is 1. The summed E-state index contributed by atoms with van der Waals surface area (Å²) >= 11 is 3.37. The van der Waals surface area contributed by atoms with Crippen LogP contribution in [0.3, 0.4) is 0 Å². The lowest BCUT2D eigenvalue weighted by Gasteiger charge is -2.25. The third-order valence-electron chi connectivity index (χ3n) is 6.25. The van der Waals surface area contributed by atoms with Crippen molar-refractivity contribution in [2.45, 2.75) is 50.7 Å². The molecule has 2 aliphatic rings. The number of aromatic nitrogens is 2. The molecule has 0 unspecified atom stereocenters. The lowest BCUT2D eigenvalue weighted by Crippen LogP contribution is -2.36. The van der Waals surface area contributed by atoms with Gasteiger partial charge < -0.3 is 10.1 Å². The summed E-state index contributed by atoms with van der Waals surface area (Å²) in [5.41, 5.74) is 3.75. The molecule has 5 rings (SSSR count). The third kappa shape index (κ3) is 5.57. The SMILES string of the molecule is Cc1ccc(CNC(=O)CSc2nc(CN3CCOCC3)nc3sc4c(c23)CCCC4)cc1. The number of morpholine rings is 1. The van der Waals surface area contributed by atoms with Gasteiger partial charge in [0.1, 0.15) is 15.7 Å². The van der Waals surface area contributed by atoms with Crippen molar-refractivity contribution < 1.29 is 9.53 Å². The van der Waals surface area contributed by atoms with Gasteiger partial charge in [-0.3, -0.25) is 9.69 Å². The van der Waals surface area contributed by atoms with Crippen molar-refractivity contribution in [1.29, 1.82) is 0 Å². The molecular formula is C25H30N4O2S2. The van der Waals surface area contributed by atoms with Gasteiger partial charge in [-0.25, -0.2) is 9.97 Å². The van der Waals surface area contributed by atoms with Gasteiger partial charge in [0, 0.05) is 29.9 Å². The maximum atomic E-state index is 12.6. The fraction of sp³-hybridized carbons (Fsp3) is 0.480. The van der Waals surface area contributed by atoms with E-state index in [4.69, 9.17) is 14.7 Å². The zero-order chi connectivity index (χ0) is 22.6. The van der Waals surface area contributed by atoms with Gasteiger partial charge in [-0.1, -0.05) is 41.6 Å². The van der Waals surface area contributed by atoms with Gasteiger partial charge in [-0.2, -0.15) is 0 Å². The monoisotopic (exact) mass is 482 g/mol. The summed E-state index contributed by atoms with van der Waals surface area (Å²) in [6.45, 7) is 6.69. The highest BCUT2D eigenvalue weighted by Crippen LogP contribution is 2.39. The first-order valence-corrected chi connectivity index (χ1v) is 13.5. The van der Waals surface area contributed by atoms with E-state index < -0.39 is 0 Å². The lowest BCUT2D eigenvalue weighted by molar-refractivity contribution is -0.118. The molecule has 1 amide bonds. The molecule has 33 heavy (non-hydrogen) atoms. The van der Waals surface area contributed by atoms with Gasteiger partial charge in [0.05, 0.1) is 25.5 Å². The highest BCUT2D eigenvalue weighted by atomic mass is 32.2. The van der Waals surface area contributed by atoms with Crippen LogP contribution < -0.4 is 5.32 Å². The third-order valence-corrected chi connectivity index (χ3v) is 8.41. The number of amides is 1. The molecule has 1 N–H and O–H groups in total. The van der Waals surface area contributed by atoms with E-state index in [0.717, 1.165) is 66.9 Å². The molecule has 174 valence electrons. The molecule has 1 fully saturated rings. The fourth-order valence-electron chi connectivity index (χ4n) is 4.39. The molecule has 1 aliphatic heterocycles. The van der Waals surface area contributed by atoms with E-state index >= 15 is 0 Å². The Bertz CT molecular complexity index is 1120. The highest BCUT2D eigenvalue weighted by Gasteiger charge is 2.23. The molecule has 1 saturated heterocycles. The van der Waals surface area contributed by atoms with Crippen LogP contribution in [-0.2, 0) is 35.5 Å². The number of benzene rings is 1. The van der Waals surface area contributed by atoms with Crippen LogP contribution in [0.4, 0.5) is 0 Å². The summed E-state index contributed by atoms with van der Waals surface area (Å²) in [5, 5.41) is 5.21. The van der Waals surface area contributed by atoms with Crippen LogP contribution >= 0.6 is 23.1 Å². The standard InChI is InChI=1S/C25H30N4O2S2/c1-17-6-8-18(9-7-17)14-26-22(30)16-32-24-23-19-4-2-3-5-20(19)33-25(23)28-21(27-24)15-29-10-12-31-13-11-29/h6-9H,2-5,10-16H2,1H3,(H,26,30). The number of nitrogens with one attached hydrogen (secondary N) is 1.